The maximum Gasteiger partial charge on any atom is -0.0178 e. The van der Waals surface area contributed by atoms with Crippen molar-refractivity contribution < 1.29 is 0 Å². The van der Waals surface area contributed by atoms with Crippen LogP contribution in [0.15, 0.2) is 12.1 Å². The summed E-state index contributed by atoms with van der Waals surface area (Å²) in [5.41, 5.74) is 4.79. The van der Waals surface area contributed by atoms with Gasteiger partial charge in [0.15, 0.2) is 0 Å². The first-order chi connectivity index (χ1) is 8.83. The molecule has 0 nitrogen and oxygen atoms in total. The van der Waals surface area contributed by atoms with Gasteiger partial charge in [0.25, 0.3) is 0 Å². The first-order valence-electron chi connectivity index (χ1n) is 7.84. The fourth-order valence-corrected chi connectivity index (χ4v) is 2.48. The van der Waals surface area contributed by atoms with Crippen molar-refractivity contribution in [1.29, 1.82) is 0 Å². The molecule has 0 fully saturated rings. The molecule has 1 aromatic carbocycles. The summed E-state index contributed by atoms with van der Waals surface area (Å²) < 4.78 is 0. The third-order valence-corrected chi connectivity index (χ3v) is 3.67. The normalized spacial score (nSPS) is 10.8. The topological polar surface area (TPSA) is 0 Å². The molecule has 1 rings (SSSR count). The van der Waals surface area contributed by atoms with Gasteiger partial charge in [-0.2, -0.15) is 0 Å². The third-order valence-electron chi connectivity index (χ3n) is 3.67. The average Bonchev–Trinajstić information content (AvgIpc) is 2.41. The molecule has 0 heterocycles. The van der Waals surface area contributed by atoms with Gasteiger partial charge < -0.3 is 0 Å². The average molecular weight is 245 g/mol. The molecule has 0 heteroatoms. The second kappa shape index (κ2) is 9.19. The number of aryl methyl sites for hydroxylation is 2. The minimum atomic E-state index is 1.24. The largest absolute Gasteiger partial charge is 0.0654 e. The molecule has 0 spiro atoms. The van der Waals surface area contributed by atoms with E-state index in [2.05, 4.69) is 39.0 Å². The highest BCUT2D eigenvalue weighted by molar-refractivity contribution is 5.35. The zero-order valence-corrected chi connectivity index (χ0v) is 12.5. The van der Waals surface area contributed by atoms with Crippen LogP contribution in [0.1, 0.15) is 76.0 Å². The summed E-state index contributed by atoms with van der Waals surface area (Å²) in [4.78, 5) is 0. The SMILES string of the molecule is CCCCc1c[c]cc(CCCC)c1CCCC. The van der Waals surface area contributed by atoms with Gasteiger partial charge in [-0.05, 0) is 61.3 Å². The minimum Gasteiger partial charge on any atom is -0.0654 e. The van der Waals surface area contributed by atoms with E-state index in [0.29, 0.717) is 0 Å². The van der Waals surface area contributed by atoms with Crippen molar-refractivity contribution >= 4 is 0 Å². The summed E-state index contributed by atoms with van der Waals surface area (Å²) in [5.74, 6) is 0. The first kappa shape index (κ1) is 15.3. The highest BCUT2D eigenvalue weighted by atomic mass is 14.1. The van der Waals surface area contributed by atoms with Gasteiger partial charge in [-0.1, -0.05) is 52.2 Å². The molecule has 0 unspecified atom stereocenters. The molecule has 0 N–H and O–H groups in total. The van der Waals surface area contributed by atoms with Crippen LogP contribution in [0, 0.1) is 6.07 Å². The zero-order valence-electron chi connectivity index (χ0n) is 12.5. The minimum absolute atomic E-state index is 1.24. The van der Waals surface area contributed by atoms with E-state index in [-0.39, 0.29) is 0 Å². The summed E-state index contributed by atoms with van der Waals surface area (Å²) in [6.07, 6.45) is 11.6. The van der Waals surface area contributed by atoms with Gasteiger partial charge in [-0.25, -0.2) is 0 Å². The van der Waals surface area contributed by atoms with E-state index in [0.717, 1.165) is 0 Å². The summed E-state index contributed by atoms with van der Waals surface area (Å²) in [6, 6.07) is 7.83. The van der Waals surface area contributed by atoms with Gasteiger partial charge in [-0.3, -0.25) is 0 Å². The Morgan fingerprint density at radius 3 is 1.61 bits per heavy atom. The van der Waals surface area contributed by atoms with Gasteiger partial charge in [0.05, 0.1) is 0 Å². The molecule has 0 aromatic heterocycles. The zero-order chi connectivity index (χ0) is 13.2. The van der Waals surface area contributed by atoms with Crippen molar-refractivity contribution in [2.24, 2.45) is 0 Å². The summed E-state index contributed by atoms with van der Waals surface area (Å²) in [7, 11) is 0. The van der Waals surface area contributed by atoms with Crippen LogP contribution in [0.5, 0.6) is 0 Å². The highest BCUT2D eigenvalue weighted by Gasteiger charge is 2.07. The Morgan fingerprint density at radius 2 is 1.17 bits per heavy atom. The van der Waals surface area contributed by atoms with Crippen molar-refractivity contribution in [3.63, 3.8) is 0 Å². The molecule has 0 aliphatic heterocycles. The molecule has 0 aliphatic rings. The molecular weight excluding hydrogens is 216 g/mol. The molecule has 0 bridgehead atoms. The summed E-state index contributed by atoms with van der Waals surface area (Å²) >= 11 is 0. The number of unbranched alkanes of at least 4 members (excludes halogenated alkanes) is 3. The second-order valence-electron chi connectivity index (χ2n) is 5.30. The third kappa shape index (κ3) is 4.84. The first-order valence-corrected chi connectivity index (χ1v) is 7.84. The molecule has 0 amide bonds. The van der Waals surface area contributed by atoms with Crippen LogP contribution in [0.4, 0.5) is 0 Å². The molecule has 0 aliphatic carbocycles. The van der Waals surface area contributed by atoms with Crippen molar-refractivity contribution in [3.05, 3.63) is 34.9 Å². The van der Waals surface area contributed by atoms with E-state index in [1.807, 2.05) is 0 Å². The van der Waals surface area contributed by atoms with Crippen LogP contribution >= 0.6 is 0 Å². The smallest absolute Gasteiger partial charge is 0.0178 e. The Bertz CT molecular complexity index is 299. The molecular formula is C18H29. The van der Waals surface area contributed by atoms with Gasteiger partial charge in [0.2, 0.25) is 0 Å². The molecule has 0 saturated heterocycles. The van der Waals surface area contributed by atoms with E-state index in [4.69, 9.17) is 0 Å². The summed E-state index contributed by atoms with van der Waals surface area (Å²) in [6.45, 7) is 6.83. The lowest BCUT2D eigenvalue weighted by atomic mass is 9.91. The van der Waals surface area contributed by atoms with E-state index in [1.165, 1.54) is 57.8 Å². The van der Waals surface area contributed by atoms with E-state index in [1.54, 1.807) is 16.7 Å². The van der Waals surface area contributed by atoms with Gasteiger partial charge in [0, 0.05) is 0 Å². The van der Waals surface area contributed by atoms with Crippen molar-refractivity contribution in [3.8, 4) is 0 Å². The number of rotatable bonds is 9. The monoisotopic (exact) mass is 245 g/mol. The Kier molecular flexibility index (Phi) is 7.80. The van der Waals surface area contributed by atoms with Crippen LogP contribution in [-0.4, -0.2) is 0 Å². The predicted molar refractivity (Wildman–Crippen MR) is 81.1 cm³/mol. The van der Waals surface area contributed by atoms with E-state index in [9.17, 15) is 0 Å². The standard InChI is InChI=1S/C18H29/c1-4-7-11-16-13-10-14-17(12-8-5-2)18(16)15-9-6-3/h13-14H,4-9,11-12,15H2,1-3H3. The van der Waals surface area contributed by atoms with Crippen LogP contribution in [0.25, 0.3) is 0 Å². The number of hydrogen-bond donors (Lipinski definition) is 0. The van der Waals surface area contributed by atoms with Gasteiger partial charge in [-0.15, -0.1) is 0 Å². The Morgan fingerprint density at radius 1 is 0.722 bits per heavy atom. The van der Waals surface area contributed by atoms with Crippen LogP contribution in [0.3, 0.4) is 0 Å². The Labute approximate surface area is 114 Å². The highest BCUT2D eigenvalue weighted by Crippen LogP contribution is 2.21. The Hall–Kier alpha value is -0.780. The predicted octanol–water partition coefficient (Wildman–Crippen LogP) is 5.51. The lowest BCUT2D eigenvalue weighted by Gasteiger charge is -2.14. The number of hydrogen-bond acceptors (Lipinski definition) is 0. The second-order valence-corrected chi connectivity index (χ2v) is 5.30. The van der Waals surface area contributed by atoms with Gasteiger partial charge >= 0.3 is 0 Å². The molecule has 101 valence electrons. The molecule has 18 heavy (non-hydrogen) atoms. The lowest BCUT2D eigenvalue weighted by molar-refractivity contribution is 0.734. The van der Waals surface area contributed by atoms with Crippen molar-refractivity contribution in [2.75, 3.05) is 0 Å². The quantitative estimate of drug-likeness (QED) is 0.538. The number of benzene rings is 1. The van der Waals surface area contributed by atoms with Crippen LogP contribution in [0.2, 0.25) is 0 Å². The molecule has 0 atom stereocenters. The maximum atomic E-state index is 3.36. The van der Waals surface area contributed by atoms with Gasteiger partial charge in [0.1, 0.15) is 0 Å². The molecule has 0 saturated carbocycles. The fraction of sp³-hybridized carbons (Fsp3) is 0.667. The molecule has 1 radical (unpaired) electrons. The van der Waals surface area contributed by atoms with E-state index < -0.39 is 0 Å². The van der Waals surface area contributed by atoms with Crippen molar-refractivity contribution in [2.45, 2.75) is 78.6 Å². The lowest BCUT2D eigenvalue weighted by Crippen LogP contribution is -2.01. The van der Waals surface area contributed by atoms with Crippen LogP contribution in [-0.2, 0) is 19.3 Å². The van der Waals surface area contributed by atoms with Crippen LogP contribution < -0.4 is 0 Å². The summed E-state index contributed by atoms with van der Waals surface area (Å²) in [5, 5.41) is 0. The maximum absolute atomic E-state index is 3.36. The van der Waals surface area contributed by atoms with E-state index >= 15 is 0 Å². The fourth-order valence-electron chi connectivity index (χ4n) is 2.48. The molecule has 1 aromatic rings. The van der Waals surface area contributed by atoms with Crippen molar-refractivity contribution in [1.82, 2.24) is 0 Å². The Balaban J connectivity index is 2.85.